The number of aliphatic carboxylic acids is 1. The minimum absolute atomic E-state index is 0.401. The smallest absolute Gasteiger partial charge is 0.416 e. The van der Waals surface area contributed by atoms with E-state index in [-0.39, 0.29) is 0 Å². The number of carboxylic acids is 1. The number of aromatic hydroxyl groups is 1. The first-order valence-corrected chi connectivity index (χ1v) is 9.34. The Bertz CT molecular complexity index is 1320. The lowest BCUT2D eigenvalue weighted by Crippen LogP contribution is -2.37. The fourth-order valence-corrected chi connectivity index (χ4v) is 3.10. The molecule has 0 aliphatic carbocycles. The number of carbonyl (C=O) groups excluding carboxylic acids is 1. The van der Waals surface area contributed by atoms with Gasteiger partial charge in [-0.15, -0.1) is 0 Å². The molecule has 0 unspecified atom stereocenters. The first-order chi connectivity index (χ1) is 15.9. The number of rotatable bonds is 6. The molecule has 2 aromatic carbocycles. The molecule has 178 valence electrons. The summed E-state index contributed by atoms with van der Waals surface area (Å²) in [5, 5.41) is 24.8. The molecule has 0 saturated heterocycles. The number of amides is 1. The summed E-state index contributed by atoms with van der Waals surface area (Å²) in [7, 11) is 0. The third-order valence-electron chi connectivity index (χ3n) is 4.54. The van der Waals surface area contributed by atoms with Crippen LogP contribution in [0.5, 0.6) is 5.75 Å². The second-order valence-corrected chi connectivity index (χ2v) is 6.92. The first kappa shape index (κ1) is 24.4. The normalized spacial score (nSPS) is 11.3. The van der Waals surface area contributed by atoms with Crippen LogP contribution in [0, 0.1) is 11.6 Å². The van der Waals surface area contributed by atoms with Gasteiger partial charge in [-0.05, 0) is 23.8 Å². The Morgan fingerprint density at radius 2 is 1.68 bits per heavy atom. The van der Waals surface area contributed by atoms with E-state index < -0.39 is 82.0 Å². The third kappa shape index (κ3) is 5.19. The van der Waals surface area contributed by atoms with Crippen LogP contribution >= 0.6 is 0 Å². The minimum Gasteiger partial charge on any atom is -0.505 e. The summed E-state index contributed by atoms with van der Waals surface area (Å²) in [6.45, 7) is -1.79. The van der Waals surface area contributed by atoms with Crippen molar-refractivity contribution in [2.24, 2.45) is 0 Å². The SMILES string of the molecule is O=C(O)CNC(=O)c1c(O)c(-c2cc(F)cc(F)c2)nn(Cc2ccccc2C(F)(F)F)c1=O. The van der Waals surface area contributed by atoms with Crippen LogP contribution < -0.4 is 10.9 Å². The van der Waals surface area contributed by atoms with Crippen molar-refractivity contribution in [3.8, 4) is 17.0 Å². The van der Waals surface area contributed by atoms with Gasteiger partial charge in [0.05, 0.1) is 12.1 Å². The number of carboxylic acid groups (broad SMARTS) is 1. The molecule has 0 atom stereocenters. The average Bonchev–Trinajstić information content (AvgIpc) is 2.73. The lowest BCUT2D eigenvalue weighted by atomic mass is 10.1. The highest BCUT2D eigenvalue weighted by Crippen LogP contribution is 2.33. The number of benzene rings is 2. The minimum atomic E-state index is -4.80. The van der Waals surface area contributed by atoms with E-state index in [0.717, 1.165) is 18.2 Å². The maximum absolute atomic E-state index is 13.7. The second-order valence-electron chi connectivity index (χ2n) is 6.92. The van der Waals surface area contributed by atoms with Crippen molar-refractivity contribution in [3.63, 3.8) is 0 Å². The van der Waals surface area contributed by atoms with E-state index in [2.05, 4.69) is 5.10 Å². The number of nitrogens with one attached hydrogen (secondary N) is 1. The lowest BCUT2D eigenvalue weighted by Gasteiger charge is -2.16. The molecule has 0 spiro atoms. The number of aromatic nitrogens is 2. The van der Waals surface area contributed by atoms with Crippen LogP contribution in [0.15, 0.2) is 47.3 Å². The third-order valence-corrected chi connectivity index (χ3v) is 4.54. The van der Waals surface area contributed by atoms with Gasteiger partial charge in [0.15, 0.2) is 11.3 Å². The van der Waals surface area contributed by atoms with E-state index in [4.69, 9.17) is 5.11 Å². The van der Waals surface area contributed by atoms with Crippen molar-refractivity contribution in [1.29, 1.82) is 0 Å². The molecule has 3 aromatic rings. The Balaban J connectivity index is 2.24. The van der Waals surface area contributed by atoms with Crippen LogP contribution in [-0.2, 0) is 17.5 Å². The van der Waals surface area contributed by atoms with Gasteiger partial charge in [-0.1, -0.05) is 18.2 Å². The maximum atomic E-state index is 13.7. The van der Waals surface area contributed by atoms with Crippen LogP contribution in [0.2, 0.25) is 0 Å². The van der Waals surface area contributed by atoms with Gasteiger partial charge in [0.25, 0.3) is 11.5 Å². The van der Waals surface area contributed by atoms with Gasteiger partial charge in [-0.25, -0.2) is 13.5 Å². The van der Waals surface area contributed by atoms with Crippen LogP contribution in [0.3, 0.4) is 0 Å². The largest absolute Gasteiger partial charge is 0.505 e. The Kier molecular flexibility index (Phi) is 6.66. The van der Waals surface area contributed by atoms with E-state index >= 15 is 0 Å². The van der Waals surface area contributed by atoms with Gasteiger partial charge < -0.3 is 15.5 Å². The maximum Gasteiger partial charge on any atom is 0.416 e. The summed E-state index contributed by atoms with van der Waals surface area (Å²) in [6, 6.07) is 6.10. The first-order valence-electron chi connectivity index (χ1n) is 9.34. The highest BCUT2D eigenvalue weighted by atomic mass is 19.4. The highest BCUT2D eigenvalue weighted by molar-refractivity contribution is 5.99. The number of hydrogen-bond acceptors (Lipinski definition) is 5. The summed E-state index contributed by atoms with van der Waals surface area (Å²) in [4.78, 5) is 36.0. The monoisotopic (exact) mass is 483 g/mol. The fourth-order valence-electron chi connectivity index (χ4n) is 3.10. The molecule has 3 N–H and O–H groups in total. The predicted molar refractivity (Wildman–Crippen MR) is 106 cm³/mol. The van der Waals surface area contributed by atoms with Gasteiger partial charge in [0.1, 0.15) is 23.9 Å². The van der Waals surface area contributed by atoms with E-state index in [1.807, 2.05) is 5.32 Å². The second kappa shape index (κ2) is 9.29. The van der Waals surface area contributed by atoms with Gasteiger partial charge in [0, 0.05) is 11.6 Å². The summed E-state index contributed by atoms with van der Waals surface area (Å²) < 4.78 is 68.0. The molecule has 0 radical (unpaired) electrons. The Hall–Kier alpha value is -4.29. The van der Waals surface area contributed by atoms with Crippen molar-refractivity contribution in [2.75, 3.05) is 6.54 Å². The lowest BCUT2D eigenvalue weighted by molar-refractivity contribution is -0.138. The van der Waals surface area contributed by atoms with Gasteiger partial charge in [-0.3, -0.25) is 14.4 Å². The molecule has 0 aliphatic rings. The quantitative estimate of drug-likeness (QED) is 0.464. The molecule has 13 heteroatoms. The van der Waals surface area contributed by atoms with Crippen LogP contribution in [0.4, 0.5) is 22.0 Å². The Labute approximate surface area is 186 Å². The Morgan fingerprint density at radius 1 is 1.06 bits per heavy atom. The predicted octanol–water partition coefficient (Wildman–Crippen LogP) is 2.78. The molecule has 3 rings (SSSR count). The van der Waals surface area contributed by atoms with Crippen molar-refractivity contribution < 1.29 is 41.8 Å². The number of nitrogens with zero attached hydrogens (tertiary/aromatic N) is 2. The molecule has 1 amide bonds. The molecule has 1 aromatic heterocycles. The van der Waals surface area contributed by atoms with E-state index in [1.165, 1.54) is 6.07 Å². The number of halogens is 5. The molecule has 0 fully saturated rings. The van der Waals surface area contributed by atoms with Crippen molar-refractivity contribution in [1.82, 2.24) is 15.1 Å². The summed E-state index contributed by atoms with van der Waals surface area (Å²) in [5.41, 5.74) is -5.09. The molecule has 8 nitrogen and oxygen atoms in total. The van der Waals surface area contributed by atoms with E-state index in [1.54, 1.807) is 0 Å². The standard InChI is InChI=1S/C21H14F5N3O5/c22-12-5-11(6-13(23)7-12)17-18(32)16(19(33)27-8-15(30)31)20(34)29(28-17)9-10-3-1-2-4-14(10)21(24,25)26/h1-7,32H,8-9H2,(H,27,33)(H,30,31). The zero-order chi connectivity index (χ0) is 25.2. The zero-order valence-electron chi connectivity index (χ0n) is 16.9. The number of alkyl halides is 3. The number of hydrogen-bond donors (Lipinski definition) is 3. The molecular weight excluding hydrogens is 469 g/mol. The molecule has 1 heterocycles. The summed E-state index contributed by atoms with van der Waals surface area (Å²) in [5.74, 6) is -6.23. The molecular formula is C21H14F5N3O5. The van der Waals surface area contributed by atoms with Gasteiger partial charge in [-0.2, -0.15) is 18.3 Å². The van der Waals surface area contributed by atoms with E-state index in [0.29, 0.717) is 22.9 Å². The van der Waals surface area contributed by atoms with Crippen molar-refractivity contribution in [2.45, 2.75) is 12.7 Å². The summed E-state index contributed by atoms with van der Waals surface area (Å²) in [6.07, 6.45) is -4.80. The fraction of sp³-hybridized carbons (Fsp3) is 0.143. The topological polar surface area (TPSA) is 122 Å². The van der Waals surface area contributed by atoms with Crippen LogP contribution in [0.1, 0.15) is 21.5 Å². The van der Waals surface area contributed by atoms with E-state index in [9.17, 15) is 41.4 Å². The number of carbonyl (C=O) groups is 2. The van der Waals surface area contributed by atoms with Gasteiger partial charge >= 0.3 is 12.1 Å². The Morgan fingerprint density at radius 3 is 2.26 bits per heavy atom. The molecule has 0 saturated carbocycles. The van der Waals surface area contributed by atoms with Crippen molar-refractivity contribution >= 4 is 11.9 Å². The van der Waals surface area contributed by atoms with Gasteiger partial charge in [0.2, 0.25) is 0 Å². The zero-order valence-corrected chi connectivity index (χ0v) is 16.9. The highest BCUT2D eigenvalue weighted by Gasteiger charge is 2.33. The molecule has 34 heavy (non-hydrogen) atoms. The summed E-state index contributed by atoms with van der Waals surface area (Å²) >= 11 is 0. The average molecular weight is 483 g/mol. The van der Waals surface area contributed by atoms with Crippen molar-refractivity contribution in [3.05, 3.63) is 81.1 Å². The van der Waals surface area contributed by atoms with Crippen LogP contribution in [0.25, 0.3) is 11.3 Å². The molecule has 0 aliphatic heterocycles. The molecule has 0 bridgehead atoms. The van der Waals surface area contributed by atoms with Crippen LogP contribution in [-0.4, -0.2) is 38.4 Å².